The van der Waals surface area contributed by atoms with Gasteiger partial charge in [-0.05, 0) is 30.0 Å². The Morgan fingerprint density at radius 2 is 1.83 bits per heavy atom. The minimum Gasteiger partial charge on any atom is -0.255 e. The summed E-state index contributed by atoms with van der Waals surface area (Å²) in [5.74, 6) is 0.397. The van der Waals surface area contributed by atoms with E-state index in [0.717, 1.165) is 12.0 Å². The molecular formula is C16H21Cl2N3O2S. The van der Waals surface area contributed by atoms with Gasteiger partial charge in [0.15, 0.2) is 0 Å². The normalized spacial score (nSPS) is 13.5. The summed E-state index contributed by atoms with van der Waals surface area (Å²) in [6, 6.07) is 7.00. The van der Waals surface area contributed by atoms with E-state index in [1.807, 2.05) is 12.1 Å². The topological polar surface area (TPSA) is 55.2 Å². The molecule has 0 saturated heterocycles. The Kier molecular flexibility index (Phi) is 5.96. The van der Waals surface area contributed by atoms with Crippen LogP contribution in [0.2, 0.25) is 10.2 Å². The average Bonchev–Trinajstić information content (AvgIpc) is 2.81. The van der Waals surface area contributed by atoms with Crippen molar-refractivity contribution >= 4 is 33.2 Å². The van der Waals surface area contributed by atoms with Crippen molar-refractivity contribution in [2.24, 2.45) is 7.05 Å². The molecule has 0 N–H and O–H groups in total. The second-order valence-corrected chi connectivity index (χ2v) is 8.60. The van der Waals surface area contributed by atoms with Crippen molar-refractivity contribution < 1.29 is 8.42 Å². The molecule has 0 bridgehead atoms. The molecule has 1 atom stereocenters. The van der Waals surface area contributed by atoms with Gasteiger partial charge in [0.05, 0.1) is 17.1 Å². The third-order valence-electron chi connectivity index (χ3n) is 4.13. The van der Waals surface area contributed by atoms with Gasteiger partial charge >= 0.3 is 0 Å². The van der Waals surface area contributed by atoms with Crippen LogP contribution in [0.5, 0.6) is 0 Å². The summed E-state index contributed by atoms with van der Waals surface area (Å²) in [7, 11) is -0.475. The Morgan fingerprint density at radius 1 is 1.25 bits per heavy atom. The number of hydrogen-bond acceptors (Lipinski definition) is 3. The average molecular weight is 390 g/mol. The summed E-state index contributed by atoms with van der Waals surface area (Å²) >= 11 is 12.1. The first-order chi connectivity index (χ1) is 11.2. The maximum absolute atomic E-state index is 12.7. The summed E-state index contributed by atoms with van der Waals surface area (Å²) in [4.78, 5) is 0.246. The molecule has 8 heteroatoms. The van der Waals surface area contributed by atoms with Crippen LogP contribution in [0.15, 0.2) is 29.2 Å². The number of sulfonamides is 1. The summed E-state index contributed by atoms with van der Waals surface area (Å²) in [6.07, 6.45) is 1.00. The molecule has 0 radical (unpaired) electrons. The van der Waals surface area contributed by atoms with Gasteiger partial charge in [-0.15, -0.1) is 0 Å². The smallest absolute Gasteiger partial charge is 0.243 e. The molecule has 0 aliphatic heterocycles. The van der Waals surface area contributed by atoms with Crippen LogP contribution in [-0.4, -0.2) is 29.6 Å². The van der Waals surface area contributed by atoms with E-state index in [1.165, 1.54) is 16.0 Å². The molecule has 0 saturated carbocycles. The van der Waals surface area contributed by atoms with E-state index in [2.05, 4.69) is 18.9 Å². The van der Waals surface area contributed by atoms with Gasteiger partial charge in [-0.2, -0.15) is 9.40 Å². The SMILES string of the molecule is CCC(C)c1ccc(S(=O)(=O)N(C)Cc2nn(C)c(Cl)c2Cl)cc1. The van der Waals surface area contributed by atoms with E-state index in [1.54, 1.807) is 19.2 Å². The molecule has 1 aromatic heterocycles. The number of hydrogen-bond donors (Lipinski definition) is 0. The van der Waals surface area contributed by atoms with Gasteiger partial charge in [0, 0.05) is 14.1 Å². The van der Waals surface area contributed by atoms with Crippen LogP contribution >= 0.6 is 23.2 Å². The summed E-state index contributed by atoms with van der Waals surface area (Å²) in [5, 5.41) is 4.71. The van der Waals surface area contributed by atoms with Crippen molar-refractivity contribution in [3.05, 3.63) is 45.7 Å². The van der Waals surface area contributed by atoms with E-state index >= 15 is 0 Å². The maximum atomic E-state index is 12.7. The first kappa shape index (κ1) is 19.2. The highest BCUT2D eigenvalue weighted by molar-refractivity contribution is 7.89. The Labute approximate surface area is 153 Å². The zero-order valence-electron chi connectivity index (χ0n) is 14.1. The van der Waals surface area contributed by atoms with Crippen LogP contribution in [0.3, 0.4) is 0 Å². The van der Waals surface area contributed by atoms with Gasteiger partial charge in [0.2, 0.25) is 10.0 Å². The van der Waals surface area contributed by atoms with E-state index in [0.29, 0.717) is 11.6 Å². The van der Waals surface area contributed by atoms with Crippen molar-refractivity contribution in [1.82, 2.24) is 14.1 Å². The summed E-state index contributed by atoms with van der Waals surface area (Å²) in [6.45, 7) is 4.27. The Hall–Kier alpha value is -1.08. The molecule has 0 aliphatic rings. The highest BCUT2D eigenvalue weighted by atomic mass is 35.5. The van der Waals surface area contributed by atoms with Crippen LogP contribution in [0.25, 0.3) is 0 Å². The van der Waals surface area contributed by atoms with Gasteiger partial charge in [-0.25, -0.2) is 8.42 Å². The third-order valence-corrected chi connectivity index (χ3v) is 6.88. The largest absolute Gasteiger partial charge is 0.255 e. The Morgan fingerprint density at radius 3 is 2.29 bits per heavy atom. The standard InChI is InChI=1S/C16H21Cl2N3O2S/c1-5-11(2)12-6-8-13(9-7-12)24(22,23)20(3)10-14-15(17)16(18)21(4)19-14/h6-9,11H,5,10H2,1-4H3. The van der Waals surface area contributed by atoms with Gasteiger partial charge in [-0.1, -0.05) is 49.2 Å². The minimum absolute atomic E-state index is 0.0504. The van der Waals surface area contributed by atoms with Gasteiger partial charge < -0.3 is 0 Å². The first-order valence-electron chi connectivity index (χ1n) is 7.61. The molecular weight excluding hydrogens is 369 g/mol. The van der Waals surface area contributed by atoms with Gasteiger partial charge in [0.25, 0.3) is 0 Å². The zero-order valence-corrected chi connectivity index (χ0v) is 16.5. The lowest BCUT2D eigenvalue weighted by molar-refractivity contribution is 0.460. The maximum Gasteiger partial charge on any atom is 0.243 e. The molecule has 2 aromatic rings. The van der Waals surface area contributed by atoms with Crippen LogP contribution in [0, 0.1) is 0 Å². The molecule has 5 nitrogen and oxygen atoms in total. The van der Waals surface area contributed by atoms with E-state index in [-0.39, 0.29) is 21.6 Å². The van der Waals surface area contributed by atoms with Gasteiger partial charge in [0.1, 0.15) is 10.2 Å². The Bertz CT molecular complexity index is 817. The second kappa shape index (κ2) is 7.44. The molecule has 0 amide bonds. The van der Waals surface area contributed by atoms with Crippen molar-refractivity contribution in [1.29, 1.82) is 0 Å². The van der Waals surface area contributed by atoms with Crippen molar-refractivity contribution in [2.45, 2.75) is 37.6 Å². The number of aromatic nitrogens is 2. The van der Waals surface area contributed by atoms with Crippen molar-refractivity contribution in [3.63, 3.8) is 0 Å². The zero-order chi connectivity index (χ0) is 18.1. The molecule has 1 unspecified atom stereocenters. The molecule has 2 rings (SSSR count). The highest BCUT2D eigenvalue weighted by Crippen LogP contribution is 2.27. The van der Waals surface area contributed by atoms with Crippen LogP contribution in [0.4, 0.5) is 0 Å². The van der Waals surface area contributed by atoms with E-state index in [9.17, 15) is 8.42 Å². The number of rotatable bonds is 6. The fraction of sp³-hybridized carbons (Fsp3) is 0.438. The molecule has 132 valence electrons. The predicted molar refractivity (Wildman–Crippen MR) is 97.0 cm³/mol. The lowest BCUT2D eigenvalue weighted by Crippen LogP contribution is -2.27. The van der Waals surface area contributed by atoms with Crippen LogP contribution in [-0.2, 0) is 23.6 Å². The number of benzene rings is 1. The molecule has 24 heavy (non-hydrogen) atoms. The van der Waals surface area contributed by atoms with Gasteiger partial charge in [-0.3, -0.25) is 4.68 Å². The molecule has 0 fully saturated rings. The number of aryl methyl sites for hydroxylation is 1. The molecule has 0 aliphatic carbocycles. The summed E-state index contributed by atoms with van der Waals surface area (Å²) in [5.41, 5.74) is 1.55. The van der Waals surface area contributed by atoms with E-state index < -0.39 is 10.0 Å². The van der Waals surface area contributed by atoms with Crippen molar-refractivity contribution in [2.75, 3.05) is 7.05 Å². The number of halogens is 2. The number of nitrogens with zero attached hydrogens (tertiary/aromatic N) is 3. The monoisotopic (exact) mass is 389 g/mol. The second-order valence-electron chi connectivity index (χ2n) is 5.81. The molecule has 1 heterocycles. The van der Waals surface area contributed by atoms with Crippen LogP contribution in [0.1, 0.15) is 37.4 Å². The van der Waals surface area contributed by atoms with Crippen molar-refractivity contribution in [3.8, 4) is 0 Å². The lowest BCUT2D eigenvalue weighted by Gasteiger charge is -2.17. The van der Waals surface area contributed by atoms with Crippen LogP contribution < -0.4 is 0 Å². The highest BCUT2D eigenvalue weighted by Gasteiger charge is 2.24. The predicted octanol–water partition coefficient (Wildman–Crippen LogP) is 4.06. The molecule has 0 spiro atoms. The third kappa shape index (κ3) is 3.77. The summed E-state index contributed by atoms with van der Waals surface area (Å²) < 4.78 is 28.0. The Balaban J connectivity index is 2.24. The lowest BCUT2D eigenvalue weighted by atomic mass is 9.99. The quantitative estimate of drug-likeness (QED) is 0.748. The molecule has 1 aromatic carbocycles. The first-order valence-corrected chi connectivity index (χ1v) is 9.81. The van der Waals surface area contributed by atoms with E-state index in [4.69, 9.17) is 23.2 Å². The fourth-order valence-electron chi connectivity index (χ4n) is 2.31. The fourth-order valence-corrected chi connectivity index (χ4v) is 3.81. The minimum atomic E-state index is -3.62.